The quantitative estimate of drug-likeness (QED) is 0.752. The van der Waals surface area contributed by atoms with Crippen molar-refractivity contribution in [2.75, 3.05) is 13.1 Å². The van der Waals surface area contributed by atoms with Gasteiger partial charge >= 0.3 is 6.17 Å². The predicted octanol–water partition coefficient (Wildman–Crippen LogP) is 1.66. The van der Waals surface area contributed by atoms with Crippen LogP contribution in [0.15, 0.2) is 0 Å². The van der Waals surface area contributed by atoms with Crippen LogP contribution in [-0.4, -0.2) is 35.6 Å². The van der Waals surface area contributed by atoms with Crippen LogP contribution in [0.2, 0.25) is 0 Å². The van der Waals surface area contributed by atoms with Gasteiger partial charge in [-0.3, -0.25) is 14.5 Å². The van der Waals surface area contributed by atoms with Gasteiger partial charge in [0.05, 0.1) is 6.54 Å². The van der Waals surface area contributed by atoms with Gasteiger partial charge in [0.25, 0.3) is 0 Å². The van der Waals surface area contributed by atoms with E-state index in [1.54, 1.807) is 4.90 Å². The Labute approximate surface area is 104 Å². The van der Waals surface area contributed by atoms with Crippen LogP contribution in [0.1, 0.15) is 33.6 Å². The molecule has 1 aliphatic heterocycles. The van der Waals surface area contributed by atoms with E-state index < -0.39 is 0 Å². The lowest BCUT2D eigenvalue weighted by Gasteiger charge is -2.23. The first kappa shape index (κ1) is 15.2. The maximum absolute atomic E-state index is 11.8. The Morgan fingerprint density at radius 2 is 2.19 bits per heavy atom. The highest BCUT2D eigenvalue weighted by Crippen LogP contribution is 2.18. The Kier molecular flexibility index (Phi) is 5.77. The Hall–Kier alpha value is -0.790. The third-order valence-corrected chi connectivity index (χ3v) is 2.46. The fraction of sp³-hybridized carbons (Fsp3) is 0.818. The Balaban J connectivity index is 0.00000225. The van der Waals surface area contributed by atoms with Crippen LogP contribution in [0.4, 0.5) is 0 Å². The number of carbonyl (C=O) groups is 1. The van der Waals surface area contributed by atoms with Crippen molar-refractivity contribution in [1.29, 1.82) is 0 Å². The van der Waals surface area contributed by atoms with Gasteiger partial charge in [-0.25, -0.2) is 6.57 Å². The maximum Gasteiger partial charge on any atom is 0.300 e. The van der Waals surface area contributed by atoms with Gasteiger partial charge in [-0.1, -0.05) is 0 Å². The van der Waals surface area contributed by atoms with Crippen molar-refractivity contribution in [3.63, 3.8) is 0 Å². The number of likely N-dealkylation sites (tertiary alicyclic amines) is 1. The van der Waals surface area contributed by atoms with Gasteiger partial charge < -0.3 is 5.32 Å². The fourth-order valence-electron chi connectivity index (χ4n) is 1.62. The zero-order valence-corrected chi connectivity index (χ0v) is 10.9. The third kappa shape index (κ3) is 4.38. The molecular formula is C11H20ClN3O. The number of carbonyl (C=O) groups excluding carboxylic acids is 1. The van der Waals surface area contributed by atoms with Gasteiger partial charge in [-0.15, -0.1) is 12.4 Å². The van der Waals surface area contributed by atoms with Crippen LogP contribution in [-0.2, 0) is 4.79 Å². The van der Waals surface area contributed by atoms with Crippen molar-refractivity contribution >= 4 is 18.3 Å². The number of halogens is 1. The van der Waals surface area contributed by atoms with Crippen LogP contribution in [0.3, 0.4) is 0 Å². The zero-order valence-electron chi connectivity index (χ0n) is 10.1. The number of hydrogen-bond acceptors (Lipinski definition) is 2. The highest BCUT2D eigenvalue weighted by molar-refractivity contribution is 5.85. The maximum atomic E-state index is 11.8. The molecule has 0 aliphatic carbocycles. The number of nitrogens with zero attached hydrogens (tertiary/aromatic N) is 2. The molecule has 1 fully saturated rings. The molecule has 1 amide bonds. The summed E-state index contributed by atoms with van der Waals surface area (Å²) in [6.45, 7) is 14.1. The molecule has 1 N–H and O–H groups in total. The molecule has 0 aromatic carbocycles. The zero-order chi connectivity index (χ0) is 11.5. The Morgan fingerprint density at radius 1 is 1.56 bits per heavy atom. The normalized spacial score (nSPS) is 20.1. The lowest BCUT2D eigenvalue weighted by Crippen LogP contribution is -2.45. The van der Waals surface area contributed by atoms with Crippen molar-refractivity contribution in [1.82, 2.24) is 10.2 Å². The Morgan fingerprint density at radius 3 is 2.69 bits per heavy atom. The molecule has 1 atom stereocenters. The van der Waals surface area contributed by atoms with Gasteiger partial charge in [-0.05, 0) is 27.2 Å². The van der Waals surface area contributed by atoms with E-state index in [0.29, 0.717) is 6.54 Å². The SMILES string of the molecule is Cl.[C-]#[N+][C@@H]1CCCN1C(=O)CNC(C)(C)C. The van der Waals surface area contributed by atoms with E-state index in [4.69, 9.17) is 6.57 Å². The lowest BCUT2D eigenvalue weighted by molar-refractivity contribution is -0.130. The van der Waals surface area contributed by atoms with Gasteiger partial charge in [-0.2, -0.15) is 0 Å². The minimum Gasteiger partial charge on any atom is -0.304 e. The van der Waals surface area contributed by atoms with Crippen LogP contribution in [0.25, 0.3) is 4.85 Å². The molecule has 1 heterocycles. The summed E-state index contributed by atoms with van der Waals surface area (Å²) in [7, 11) is 0. The van der Waals surface area contributed by atoms with E-state index in [1.807, 2.05) is 20.8 Å². The average molecular weight is 246 g/mol. The van der Waals surface area contributed by atoms with Gasteiger partial charge in [0.2, 0.25) is 5.91 Å². The summed E-state index contributed by atoms with van der Waals surface area (Å²) in [6.07, 6.45) is 1.55. The van der Waals surface area contributed by atoms with Crippen molar-refractivity contribution < 1.29 is 4.79 Å². The summed E-state index contributed by atoms with van der Waals surface area (Å²) in [5.74, 6) is 0.0448. The molecule has 0 aromatic rings. The first-order valence-corrected chi connectivity index (χ1v) is 5.35. The smallest absolute Gasteiger partial charge is 0.300 e. The summed E-state index contributed by atoms with van der Waals surface area (Å²) >= 11 is 0. The van der Waals surface area contributed by atoms with Crippen LogP contribution >= 0.6 is 12.4 Å². The first-order chi connectivity index (χ1) is 6.94. The van der Waals surface area contributed by atoms with E-state index >= 15 is 0 Å². The number of amides is 1. The topological polar surface area (TPSA) is 36.7 Å². The molecule has 0 saturated carbocycles. The summed E-state index contributed by atoms with van der Waals surface area (Å²) in [6, 6.07) is 0. The summed E-state index contributed by atoms with van der Waals surface area (Å²) in [4.78, 5) is 16.9. The molecule has 0 bridgehead atoms. The number of hydrogen-bond donors (Lipinski definition) is 1. The van der Waals surface area contributed by atoms with E-state index in [-0.39, 0.29) is 30.0 Å². The lowest BCUT2D eigenvalue weighted by atomic mass is 10.1. The number of nitrogens with one attached hydrogen (secondary N) is 1. The van der Waals surface area contributed by atoms with Gasteiger partial charge in [0, 0.05) is 18.5 Å². The van der Waals surface area contributed by atoms with Crippen molar-refractivity contribution in [2.24, 2.45) is 0 Å². The van der Waals surface area contributed by atoms with E-state index in [1.165, 1.54) is 0 Å². The largest absolute Gasteiger partial charge is 0.304 e. The van der Waals surface area contributed by atoms with E-state index in [2.05, 4.69) is 10.2 Å². The van der Waals surface area contributed by atoms with Crippen molar-refractivity contribution in [3.05, 3.63) is 11.4 Å². The van der Waals surface area contributed by atoms with Crippen LogP contribution in [0, 0.1) is 6.57 Å². The molecule has 0 spiro atoms. The molecule has 1 aliphatic rings. The molecule has 1 saturated heterocycles. The highest BCUT2D eigenvalue weighted by atomic mass is 35.5. The molecule has 1 rings (SSSR count). The third-order valence-electron chi connectivity index (χ3n) is 2.46. The monoisotopic (exact) mass is 245 g/mol. The molecule has 92 valence electrons. The second-order valence-electron chi connectivity index (χ2n) is 4.94. The standard InChI is InChI=1S/C11H19N3O.ClH/c1-11(2,3)13-8-10(15)14-7-5-6-9(14)12-4;/h9,13H,5-8H2,1-3H3;1H/t9-;/m0./s1. The second-order valence-corrected chi connectivity index (χ2v) is 4.94. The minimum absolute atomic E-state index is 0. The molecule has 16 heavy (non-hydrogen) atoms. The summed E-state index contributed by atoms with van der Waals surface area (Å²) < 4.78 is 0. The molecule has 0 unspecified atom stereocenters. The molecular weight excluding hydrogens is 226 g/mol. The minimum atomic E-state index is -0.223. The second kappa shape index (κ2) is 6.07. The summed E-state index contributed by atoms with van der Waals surface area (Å²) in [5, 5.41) is 3.15. The van der Waals surface area contributed by atoms with Crippen molar-refractivity contribution in [3.8, 4) is 0 Å². The number of rotatable bonds is 2. The van der Waals surface area contributed by atoms with Crippen molar-refractivity contribution in [2.45, 2.75) is 45.3 Å². The highest BCUT2D eigenvalue weighted by Gasteiger charge is 2.32. The van der Waals surface area contributed by atoms with Gasteiger partial charge in [0.1, 0.15) is 0 Å². The molecule has 4 nitrogen and oxygen atoms in total. The van der Waals surface area contributed by atoms with E-state index in [9.17, 15) is 4.79 Å². The Bertz CT molecular complexity index is 280. The molecule has 5 heteroatoms. The van der Waals surface area contributed by atoms with Crippen LogP contribution < -0.4 is 5.32 Å². The van der Waals surface area contributed by atoms with E-state index in [0.717, 1.165) is 19.4 Å². The fourth-order valence-corrected chi connectivity index (χ4v) is 1.62. The average Bonchev–Trinajstić information content (AvgIpc) is 2.60. The van der Waals surface area contributed by atoms with Gasteiger partial charge in [0.15, 0.2) is 0 Å². The van der Waals surface area contributed by atoms with Crippen LogP contribution in [0.5, 0.6) is 0 Å². The summed E-state index contributed by atoms with van der Waals surface area (Å²) in [5.41, 5.74) is -0.0526. The molecule has 0 aromatic heterocycles. The predicted molar refractivity (Wildman–Crippen MR) is 66.3 cm³/mol. The first-order valence-electron chi connectivity index (χ1n) is 5.35. The molecule has 0 radical (unpaired) electrons.